The van der Waals surface area contributed by atoms with Crippen molar-refractivity contribution in [1.82, 2.24) is 5.32 Å². The molecule has 42 heavy (non-hydrogen) atoms. The number of amides is 1. The summed E-state index contributed by atoms with van der Waals surface area (Å²) in [5, 5.41) is 18.4. The van der Waals surface area contributed by atoms with Gasteiger partial charge in [-0.3, -0.25) is 0 Å². The van der Waals surface area contributed by atoms with Crippen LogP contribution in [-0.2, 0) is 11.3 Å². The molecule has 0 aliphatic heterocycles. The topological polar surface area (TPSA) is 105 Å². The van der Waals surface area contributed by atoms with E-state index in [2.05, 4.69) is 63.6 Å². The molecule has 0 radical (unpaired) electrons. The molecule has 0 unspecified atom stereocenters. The van der Waals surface area contributed by atoms with Gasteiger partial charge in [0.1, 0.15) is 17.1 Å². The second-order valence-electron chi connectivity index (χ2n) is 12.1. The van der Waals surface area contributed by atoms with Crippen LogP contribution in [-0.4, -0.2) is 38.7 Å². The van der Waals surface area contributed by atoms with Gasteiger partial charge in [0.15, 0.2) is 5.82 Å². The summed E-state index contributed by atoms with van der Waals surface area (Å²) < 4.78 is 33.2. The summed E-state index contributed by atoms with van der Waals surface area (Å²) in [5.74, 6) is 0.0912. The van der Waals surface area contributed by atoms with Gasteiger partial charge in [0.25, 0.3) is 8.32 Å². The third-order valence-corrected chi connectivity index (χ3v) is 13.3. The lowest BCUT2D eigenvalue weighted by Crippen LogP contribution is -2.50. The van der Waals surface area contributed by atoms with Gasteiger partial charge in [-0.1, -0.05) is 53.8 Å². The number of alkyl carbamates (subject to hydrolysis) is 1. The smallest absolute Gasteiger partial charge is 0.407 e. The maximum atomic E-state index is 15.8. The fourth-order valence-corrected chi connectivity index (χ4v) is 10.6. The first-order valence-corrected chi connectivity index (χ1v) is 16.7. The molecule has 1 amide bonds. The summed E-state index contributed by atoms with van der Waals surface area (Å²) in [5.41, 5.74) is 2.04. The molecule has 0 saturated heterocycles. The van der Waals surface area contributed by atoms with Crippen molar-refractivity contribution in [1.29, 1.82) is 5.26 Å². The third-order valence-electron chi connectivity index (χ3n) is 7.02. The van der Waals surface area contributed by atoms with Crippen LogP contribution in [0.5, 0.6) is 11.5 Å². The lowest BCUT2D eigenvalue weighted by molar-refractivity contribution is 0.0523. The van der Waals surface area contributed by atoms with E-state index in [0.29, 0.717) is 27.6 Å². The number of thiocarbonyl (C=S) groups is 1. The van der Waals surface area contributed by atoms with Crippen molar-refractivity contribution in [3.05, 3.63) is 47.3 Å². The van der Waals surface area contributed by atoms with Crippen LogP contribution in [0.15, 0.2) is 30.3 Å². The molecule has 0 spiro atoms. The Morgan fingerprint density at radius 1 is 1.07 bits per heavy atom. The van der Waals surface area contributed by atoms with Crippen molar-refractivity contribution in [2.75, 3.05) is 24.3 Å². The predicted molar refractivity (Wildman–Crippen MR) is 174 cm³/mol. The normalized spacial score (nSPS) is 11.7. The Balaban J connectivity index is 2.21. The monoisotopic (exact) mass is 616 g/mol. The number of carbonyl (C=O) groups is 1. The minimum Gasteiger partial charge on any atom is -0.541 e. The largest absolute Gasteiger partial charge is 0.541 e. The molecular weight excluding hydrogens is 572 g/mol. The van der Waals surface area contributed by atoms with Crippen LogP contribution in [0.25, 0.3) is 0 Å². The highest BCUT2D eigenvalue weighted by atomic mass is 32.1. The van der Waals surface area contributed by atoms with E-state index in [-0.39, 0.29) is 41.1 Å². The van der Waals surface area contributed by atoms with Crippen molar-refractivity contribution in [2.24, 2.45) is 0 Å². The molecule has 0 fully saturated rings. The molecule has 11 heteroatoms. The Morgan fingerprint density at radius 2 is 1.69 bits per heavy atom. The van der Waals surface area contributed by atoms with E-state index in [1.54, 1.807) is 51.1 Å². The number of rotatable bonds is 12. The van der Waals surface area contributed by atoms with E-state index in [4.69, 9.17) is 26.1 Å². The van der Waals surface area contributed by atoms with Crippen LogP contribution in [0.1, 0.15) is 73.4 Å². The number of halogens is 1. The van der Waals surface area contributed by atoms with Crippen LogP contribution in [0, 0.1) is 17.1 Å². The molecule has 0 saturated carbocycles. The standard InChI is InChI=1S/C31H45FN4O4SSi/c1-19(2)42(20(3)4,21(5)6)40-27-15-25(38-10)14-26(29(27)32)36-28(41)18-34-24-12-11-22(16-33)23(13-24)17-35-30(37)39-31(7,8)9/h11-15,19-21,34H,17-18H2,1-10H3,(H,35,37)(H,36,41). The molecule has 230 valence electrons. The van der Waals surface area contributed by atoms with E-state index in [1.807, 2.05) is 0 Å². The molecule has 2 rings (SSSR count). The number of nitrogens with one attached hydrogen (secondary N) is 3. The van der Waals surface area contributed by atoms with Crippen LogP contribution < -0.4 is 25.1 Å². The van der Waals surface area contributed by atoms with Crippen molar-refractivity contribution in [3.63, 3.8) is 0 Å². The van der Waals surface area contributed by atoms with Crippen molar-refractivity contribution >= 4 is 43.0 Å². The molecule has 0 heterocycles. The molecule has 0 aliphatic rings. The summed E-state index contributed by atoms with van der Waals surface area (Å²) >= 11 is 5.53. The number of anilines is 2. The number of benzene rings is 2. The Hall–Kier alpha value is -3.36. The van der Waals surface area contributed by atoms with Gasteiger partial charge in [0.2, 0.25) is 0 Å². The first-order valence-electron chi connectivity index (χ1n) is 14.1. The Bertz CT molecular complexity index is 1280. The minimum absolute atomic E-state index is 0.113. The average molecular weight is 617 g/mol. The minimum atomic E-state index is -2.42. The SMILES string of the molecule is COc1cc(NC(=S)CNc2ccc(C#N)c(CNC(=O)OC(C)(C)C)c2)c(F)c(O[Si](C(C)C)(C(C)C)C(C)C)c1. The lowest BCUT2D eigenvalue weighted by Gasteiger charge is -2.42. The van der Waals surface area contributed by atoms with E-state index in [1.165, 1.54) is 7.11 Å². The molecule has 2 aromatic rings. The fraction of sp³-hybridized carbons (Fsp3) is 0.516. The van der Waals surface area contributed by atoms with E-state index < -0.39 is 25.8 Å². The van der Waals surface area contributed by atoms with Gasteiger partial charge in [-0.2, -0.15) is 5.26 Å². The molecule has 2 aromatic carbocycles. The second-order valence-corrected chi connectivity index (χ2v) is 18.0. The van der Waals surface area contributed by atoms with Gasteiger partial charge in [0.05, 0.1) is 36.0 Å². The highest BCUT2D eigenvalue weighted by Crippen LogP contribution is 2.44. The zero-order valence-corrected chi connectivity index (χ0v) is 28.2. The Morgan fingerprint density at radius 3 is 2.21 bits per heavy atom. The van der Waals surface area contributed by atoms with Gasteiger partial charge in [0, 0.05) is 24.4 Å². The number of nitriles is 1. The molecule has 0 aromatic heterocycles. The van der Waals surface area contributed by atoms with Gasteiger partial charge >= 0.3 is 6.09 Å². The summed E-state index contributed by atoms with van der Waals surface area (Å²) in [6, 6.07) is 10.4. The van der Waals surface area contributed by atoms with Crippen LogP contribution >= 0.6 is 12.2 Å². The van der Waals surface area contributed by atoms with Gasteiger partial charge in [-0.15, -0.1) is 0 Å². The van der Waals surface area contributed by atoms with Crippen LogP contribution in [0.2, 0.25) is 16.6 Å². The molecule has 0 atom stereocenters. The Labute approximate surface area is 256 Å². The summed E-state index contributed by atoms with van der Waals surface area (Å²) in [4.78, 5) is 12.4. The van der Waals surface area contributed by atoms with Crippen LogP contribution in [0.4, 0.5) is 20.6 Å². The maximum absolute atomic E-state index is 15.8. The maximum Gasteiger partial charge on any atom is 0.407 e. The highest BCUT2D eigenvalue weighted by Gasteiger charge is 2.47. The number of hydrogen-bond acceptors (Lipinski definition) is 7. The second kappa shape index (κ2) is 14.7. The summed E-state index contributed by atoms with van der Waals surface area (Å²) in [6.45, 7) is 18.5. The number of hydrogen-bond donors (Lipinski definition) is 3. The van der Waals surface area contributed by atoms with Crippen molar-refractivity contribution in [2.45, 2.75) is 91.1 Å². The first-order chi connectivity index (χ1) is 19.5. The van der Waals surface area contributed by atoms with Crippen molar-refractivity contribution in [3.8, 4) is 17.6 Å². The van der Waals surface area contributed by atoms with Gasteiger partial charge in [-0.05, 0) is 61.2 Å². The Kier molecular flexibility index (Phi) is 12.2. The number of nitrogens with zero attached hydrogens (tertiary/aromatic N) is 1. The predicted octanol–water partition coefficient (Wildman–Crippen LogP) is 8.14. The molecule has 0 bridgehead atoms. The zero-order chi connectivity index (χ0) is 31.8. The van der Waals surface area contributed by atoms with Gasteiger partial charge < -0.3 is 29.9 Å². The first kappa shape index (κ1) is 34.8. The van der Waals surface area contributed by atoms with Crippen LogP contribution in [0.3, 0.4) is 0 Å². The molecular formula is C31H45FN4O4SSi. The number of methoxy groups -OCH3 is 1. The number of ether oxygens (including phenoxy) is 2. The summed E-state index contributed by atoms with van der Waals surface area (Å²) in [7, 11) is -0.896. The zero-order valence-electron chi connectivity index (χ0n) is 26.4. The number of carbonyl (C=O) groups excluding carboxylic acids is 1. The summed E-state index contributed by atoms with van der Waals surface area (Å²) in [6.07, 6.45) is -0.575. The van der Waals surface area contributed by atoms with E-state index >= 15 is 4.39 Å². The average Bonchev–Trinajstić information content (AvgIpc) is 2.89. The third kappa shape index (κ3) is 9.07. The van der Waals surface area contributed by atoms with E-state index in [9.17, 15) is 10.1 Å². The van der Waals surface area contributed by atoms with Gasteiger partial charge in [-0.25, -0.2) is 9.18 Å². The van der Waals surface area contributed by atoms with Crippen molar-refractivity contribution < 1.29 is 23.1 Å². The van der Waals surface area contributed by atoms with E-state index in [0.717, 1.165) is 0 Å². The lowest BCUT2D eigenvalue weighted by atomic mass is 10.1. The molecule has 8 nitrogen and oxygen atoms in total. The fourth-order valence-electron chi connectivity index (χ4n) is 5.22. The molecule has 0 aliphatic carbocycles. The highest BCUT2D eigenvalue weighted by molar-refractivity contribution is 7.80. The quantitative estimate of drug-likeness (QED) is 0.162. The molecule has 3 N–H and O–H groups in total.